The highest BCUT2D eigenvalue weighted by atomic mass is 16.5. The first-order chi connectivity index (χ1) is 39.8. The molecule has 2 aliphatic carbocycles. The third-order valence-electron chi connectivity index (χ3n) is 14.9. The van der Waals surface area contributed by atoms with Crippen LogP contribution in [0.4, 0.5) is 0 Å². The number of hydrogen-bond donors (Lipinski definition) is 0. The number of carbonyl (C=O) groups is 2. The fourth-order valence-electron chi connectivity index (χ4n) is 10.8. The van der Waals surface area contributed by atoms with E-state index in [-0.39, 0.29) is 11.6 Å². The Morgan fingerprint density at radius 2 is 0.395 bits per heavy atom. The van der Waals surface area contributed by atoms with Crippen LogP contribution in [0.5, 0.6) is 11.5 Å². The number of Topliss-reactive ketones (excluding diaryl/α,β-unsaturated/α-hetero) is 2. The van der Waals surface area contributed by atoms with Gasteiger partial charge in [0.2, 0.25) is 0 Å². The minimum atomic E-state index is -0.114. The Bertz CT molecular complexity index is 4120. The predicted octanol–water partition coefficient (Wildman–Crippen LogP) is 16.9. The Kier molecular flexibility index (Phi) is 13.6. The summed E-state index contributed by atoms with van der Waals surface area (Å²) in [5, 5.41) is 0. The van der Waals surface area contributed by atoms with Crippen LogP contribution in [0, 0.1) is 49.4 Å². The van der Waals surface area contributed by atoms with Crippen LogP contribution in [-0.2, 0) is 9.59 Å². The summed E-state index contributed by atoms with van der Waals surface area (Å²) in [6.45, 7) is 0. The lowest BCUT2D eigenvalue weighted by atomic mass is 9.88. The first kappa shape index (κ1) is 50.4. The molecule has 2 aliphatic rings. The molecular weight excluding hydrogens is 985 g/mol. The smallest absolute Gasteiger partial charge is 0.195 e. The average Bonchev–Trinajstić information content (AvgIpc) is 4.05. The molecule has 0 unspecified atom stereocenters. The SMILES string of the molecule is C#Cc1ccc(C2=C(c3ccc(Oc4ccc(C5=C(c6ccc(C#C)cc6)C(=O)C(c6ccc(C#C)cc6)=C5c5ccc(-c6ccccc6)cc5)cc4)cc3)C(c3ccc(-c4ccccc4)cc3)=C(c3ccc(C#C)cc3)C2=O)cc1. The lowest BCUT2D eigenvalue weighted by Crippen LogP contribution is -2.02. The molecule has 0 atom stereocenters. The fraction of sp³-hybridized carbons (Fsp3) is 0. The van der Waals surface area contributed by atoms with E-state index < -0.39 is 0 Å². The number of allylic oxidation sites excluding steroid dienone is 8. The summed E-state index contributed by atoms with van der Waals surface area (Å²) in [4.78, 5) is 30.5. The van der Waals surface area contributed by atoms with Gasteiger partial charge in [-0.15, -0.1) is 25.7 Å². The molecule has 81 heavy (non-hydrogen) atoms. The molecule has 0 aliphatic heterocycles. The molecule has 0 fully saturated rings. The summed E-state index contributed by atoms with van der Waals surface area (Å²) in [5.74, 6) is 11.8. The van der Waals surface area contributed by atoms with Crippen LogP contribution in [0.15, 0.2) is 255 Å². The standard InChI is InChI=1S/C78H46O3/c1-5-51-19-27-63(28-20-51)73-69(59-39-35-57(36-40-59)55-15-11-9-12-16-55)71(75(77(73)79)65-31-23-53(7-3)24-32-65)61-43-47-67(48-44-61)81-68-49-45-62(46-50-68)72-70(60-41-37-58(38-42-60)56-17-13-10-14-18-56)74(64-29-21-52(6-2)22-30-64)78(80)76(72)66-33-25-54(8-4)26-34-66/h1-4,9-50H. The Morgan fingerprint density at radius 3 is 0.630 bits per heavy atom. The van der Waals surface area contributed by atoms with Gasteiger partial charge in [0.25, 0.3) is 0 Å². The van der Waals surface area contributed by atoms with E-state index in [4.69, 9.17) is 30.4 Å². The Balaban J connectivity index is 0.941. The summed E-state index contributed by atoms with van der Waals surface area (Å²) in [6.07, 6.45) is 23.2. The molecule has 0 saturated heterocycles. The van der Waals surface area contributed by atoms with Crippen molar-refractivity contribution in [3.8, 4) is 83.1 Å². The molecule has 0 N–H and O–H groups in total. The fourth-order valence-corrected chi connectivity index (χ4v) is 10.8. The predicted molar refractivity (Wildman–Crippen MR) is 331 cm³/mol. The maximum atomic E-state index is 15.3. The molecule has 3 nitrogen and oxygen atoms in total. The van der Waals surface area contributed by atoms with Crippen LogP contribution in [0.2, 0.25) is 0 Å². The number of terminal acetylenes is 4. The van der Waals surface area contributed by atoms with Gasteiger partial charge in [-0.05, 0) is 140 Å². The molecule has 0 aromatic heterocycles. The van der Waals surface area contributed by atoms with E-state index in [1.165, 1.54) is 0 Å². The second-order valence-electron chi connectivity index (χ2n) is 19.6. The third kappa shape index (κ3) is 9.74. The molecule has 10 aromatic rings. The number of benzene rings is 10. The van der Waals surface area contributed by atoms with Crippen molar-refractivity contribution in [2.75, 3.05) is 0 Å². The van der Waals surface area contributed by atoms with E-state index in [1.54, 1.807) is 0 Å². The van der Waals surface area contributed by atoms with Gasteiger partial charge in [-0.1, -0.05) is 206 Å². The van der Waals surface area contributed by atoms with Crippen LogP contribution < -0.4 is 4.74 Å². The van der Waals surface area contributed by atoms with Crippen molar-refractivity contribution in [2.45, 2.75) is 0 Å². The number of ether oxygens (including phenoxy) is 1. The third-order valence-corrected chi connectivity index (χ3v) is 14.9. The highest BCUT2D eigenvalue weighted by Crippen LogP contribution is 2.52. The summed E-state index contributed by atoms with van der Waals surface area (Å²) in [6, 6.07) is 83.1. The van der Waals surface area contributed by atoms with E-state index in [0.717, 1.165) is 89.1 Å². The van der Waals surface area contributed by atoms with E-state index in [2.05, 4.69) is 96.5 Å². The van der Waals surface area contributed by atoms with E-state index in [0.29, 0.717) is 56.0 Å². The molecular formula is C78H46O3. The minimum absolute atomic E-state index is 0.114. The number of ketones is 2. The average molecular weight is 1030 g/mol. The molecule has 0 saturated carbocycles. The molecule has 3 heteroatoms. The molecule has 376 valence electrons. The molecule has 0 radical (unpaired) electrons. The van der Waals surface area contributed by atoms with Gasteiger partial charge < -0.3 is 4.74 Å². The van der Waals surface area contributed by atoms with Crippen LogP contribution in [0.1, 0.15) is 66.8 Å². The molecule has 0 heterocycles. The van der Waals surface area contributed by atoms with E-state index in [9.17, 15) is 0 Å². The van der Waals surface area contributed by atoms with Gasteiger partial charge in [-0.3, -0.25) is 9.59 Å². The second kappa shape index (κ2) is 21.9. The zero-order chi connectivity index (χ0) is 55.4. The maximum Gasteiger partial charge on any atom is 0.195 e. The van der Waals surface area contributed by atoms with Crippen LogP contribution in [0.3, 0.4) is 0 Å². The van der Waals surface area contributed by atoms with Crippen molar-refractivity contribution in [3.63, 3.8) is 0 Å². The first-order valence-corrected chi connectivity index (χ1v) is 26.4. The van der Waals surface area contributed by atoms with Gasteiger partial charge in [0.15, 0.2) is 11.6 Å². The normalized spacial score (nSPS) is 13.0. The summed E-state index contributed by atoms with van der Waals surface area (Å²) < 4.78 is 6.63. The van der Waals surface area contributed by atoms with Gasteiger partial charge in [-0.25, -0.2) is 0 Å². The van der Waals surface area contributed by atoms with Crippen molar-refractivity contribution in [1.82, 2.24) is 0 Å². The van der Waals surface area contributed by atoms with Gasteiger partial charge >= 0.3 is 0 Å². The van der Waals surface area contributed by atoms with Gasteiger partial charge in [0, 0.05) is 66.8 Å². The topological polar surface area (TPSA) is 43.4 Å². The molecule has 0 amide bonds. The highest BCUT2D eigenvalue weighted by Gasteiger charge is 2.37. The second-order valence-corrected chi connectivity index (χ2v) is 19.6. The van der Waals surface area contributed by atoms with Crippen molar-refractivity contribution in [1.29, 1.82) is 0 Å². The Morgan fingerprint density at radius 1 is 0.210 bits per heavy atom. The van der Waals surface area contributed by atoms with Crippen LogP contribution in [0.25, 0.3) is 66.8 Å². The van der Waals surface area contributed by atoms with Crippen molar-refractivity contribution in [2.24, 2.45) is 0 Å². The molecule has 10 aromatic carbocycles. The van der Waals surface area contributed by atoms with Gasteiger partial charge in [-0.2, -0.15) is 0 Å². The molecule has 0 bridgehead atoms. The number of rotatable bonds is 12. The van der Waals surface area contributed by atoms with Crippen LogP contribution >= 0.6 is 0 Å². The quantitative estimate of drug-likeness (QED) is 0.115. The Labute approximate surface area is 472 Å². The monoisotopic (exact) mass is 1030 g/mol. The molecule has 0 spiro atoms. The molecule has 12 rings (SSSR count). The summed E-state index contributed by atoms with van der Waals surface area (Å²) >= 11 is 0. The first-order valence-electron chi connectivity index (χ1n) is 26.4. The van der Waals surface area contributed by atoms with Gasteiger partial charge in [0.05, 0.1) is 0 Å². The lowest BCUT2D eigenvalue weighted by Gasteiger charge is -2.16. The lowest BCUT2D eigenvalue weighted by molar-refractivity contribution is -0.109. The van der Waals surface area contributed by atoms with Crippen molar-refractivity contribution in [3.05, 3.63) is 322 Å². The summed E-state index contributed by atoms with van der Waals surface area (Å²) in [7, 11) is 0. The number of hydrogen-bond acceptors (Lipinski definition) is 3. The van der Waals surface area contributed by atoms with Gasteiger partial charge in [0.1, 0.15) is 11.5 Å². The Hall–Kier alpha value is -11.5. The highest BCUT2D eigenvalue weighted by molar-refractivity contribution is 6.60. The largest absolute Gasteiger partial charge is 0.457 e. The van der Waals surface area contributed by atoms with Crippen molar-refractivity contribution < 1.29 is 14.3 Å². The number of carbonyl (C=O) groups excluding carboxylic acids is 2. The van der Waals surface area contributed by atoms with E-state index in [1.807, 2.05) is 182 Å². The van der Waals surface area contributed by atoms with E-state index >= 15 is 9.59 Å². The zero-order valence-electron chi connectivity index (χ0n) is 43.8. The zero-order valence-corrected chi connectivity index (χ0v) is 43.8. The van der Waals surface area contributed by atoms with Crippen molar-refractivity contribution >= 4 is 56.2 Å². The maximum absolute atomic E-state index is 15.3. The minimum Gasteiger partial charge on any atom is -0.457 e. The summed E-state index contributed by atoms with van der Waals surface area (Å²) in [5.41, 5.74) is 18.9. The van der Waals surface area contributed by atoms with Crippen LogP contribution in [-0.4, -0.2) is 11.6 Å².